The number of fused-ring (bicyclic) bond motifs is 3. The van der Waals surface area contributed by atoms with Gasteiger partial charge in [0, 0.05) is 66.3 Å². The first-order chi connectivity index (χ1) is 19.4. The number of ketones is 1. The Kier molecular flexibility index (Phi) is 9.45. The van der Waals surface area contributed by atoms with Crippen molar-refractivity contribution in [1.82, 2.24) is 5.06 Å². The summed E-state index contributed by atoms with van der Waals surface area (Å²) in [6.07, 6.45) is 0.903. The number of nitrogen functional groups attached to an aromatic ring is 1. The monoisotopic (exact) mass is 614 g/mol. The number of amides is 2. The quantitative estimate of drug-likeness (QED) is 0.0429. The summed E-state index contributed by atoms with van der Waals surface area (Å²) in [4.78, 5) is 64.7. The normalized spacial score (nSPS) is 17.7. The SMILES string of the molecule is Nc1ccc2c3c(c(=O)oc2c1S(=O)(=O)O)CCC3C(CC(=O)CCCCC(=O)ON1C(=O)CCC1=O)SOOO. The minimum absolute atomic E-state index is 0.0211. The minimum atomic E-state index is -4.86. The predicted octanol–water partition coefficient (Wildman–Crippen LogP) is 2.22. The third-order valence-corrected chi connectivity index (χ3v) is 8.71. The summed E-state index contributed by atoms with van der Waals surface area (Å²) in [5, 5.41) is 12.4. The van der Waals surface area contributed by atoms with Crippen molar-refractivity contribution in [2.75, 3.05) is 5.73 Å². The molecule has 0 saturated carbocycles. The molecule has 4 rings (SSSR count). The Morgan fingerprint density at radius 3 is 2.46 bits per heavy atom. The fourth-order valence-corrected chi connectivity index (χ4v) is 6.64. The van der Waals surface area contributed by atoms with E-state index in [4.69, 9.17) is 20.2 Å². The number of rotatable bonds is 13. The van der Waals surface area contributed by atoms with E-state index in [1.54, 1.807) is 0 Å². The smallest absolute Gasteiger partial charge is 0.339 e. The van der Waals surface area contributed by atoms with E-state index >= 15 is 0 Å². The summed E-state index contributed by atoms with van der Waals surface area (Å²) in [6.45, 7) is 0. The van der Waals surface area contributed by atoms with Gasteiger partial charge in [-0.2, -0.15) is 8.42 Å². The fourth-order valence-electron chi connectivity index (χ4n) is 5.10. The molecular weight excluding hydrogens is 588 g/mol. The lowest BCUT2D eigenvalue weighted by Gasteiger charge is -2.22. The van der Waals surface area contributed by atoms with Crippen LogP contribution in [0.4, 0.5) is 5.69 Å². The van der Waals surface area contributed by atoms with Gasteiger partial charge in [-0.1, -0.05) is 5.04 Å². The summed E-state index contributed by atoms with van der Waals surface area (Å²) in [6, 6.07) is 2.71. The second-order valence-electron chi connectivity index (χ2n) is 9.53. The van der Waals surface area contributed by atoms with Gasteiger partial charge >= 0.3 is 11.6 Å². The summed E-state index contributed by atoms with van der Waals surface area (Å²) in [5.41, 5.74) is 4.87. The molecule has 0 radical (unpaired) electrons. The molecule has 2 heterocycles. The number of hydroxylamine groups is 2. The van der Waals surface area contributed by atoms with E-state index in [9.17, 15) is 36.9 Å². The highest BCUT2D eigenvalue weighted by Crippen LogP contribution is 2.45. The maximum Gasteiger partial charge on any atom is 0.339 e. The summed E-state index contributed by atoms with van der Waals surface area (Å²) in [5.74, 6) is -2.75. The first-order valence-corrected chi connectivity index (χ1v) is 14.7. The van der Waals surface area contributed by atoms with Crippen LogP contribution in [0, 0.1) is 0 Å². The average molecular weight is 615 g/mol. The maximum atomic E-state index is 12.9. The van der Waals surface area contributed by atoms with Crippen molar-refractivity contribution in [2.24, 2.45) is 0 Å². The van der Waals surface area contributed by atoms with Gasteiger partial charge in [0.15, 0.2) is 10.5 Å². The lowest BCUT2D eigenvalue weighted by Crippen LogP contribution is -2.31. The van der Waals surface area contributed by atoms with Crippen molar-refractivity contribution in [3.63, 3.8) is 0 Å². The minimum Gasteiger partial charge on any atom is -0.421 e. The Hall–Kier alpha value is -3.35. The molecule has 2 amide bonds. The van der Waals surface area contributed by atoms with Crippen LogP contribution in [-0.4, -0.2) is 52.1 Å². The summed E-state index contributed by atoms with van der Waals surface area (Å²) in [7, 11) is -4.86. The van der Waals surface area contributed by atoms with E-state index in [1.165, 1.54) is 12.1 Å². The van der Waals surface area contributed by atoms with Crippen LogP contribution in [0.2, 0.25) is 0 Å². The summed E-state index contributed by atoms with van der Waals surface area (Å²) >= 11 is 0.639. The maximum absolute atomic E-state index is 12.9. The highest BCUT2D eigenvalue weighted by molar-refractivity contribution is 7.95. The Balaban J connectivity index is 1.46. The van der Waals surface area contributed by atoms with Crippen molar-refractivity contribution in [2.45, 2.75) is 73.9 Å². The molecule has 2 aliphatic rings. The number of hydrogen-bond acceptors (Lipinski definition) is 14. The zero-order chi connectivity index (χ0) is 29.9. The van der Waals surface area contributed by atoms with Gasteiger partial charge in [0.05, 0.1) is 5.69 Å². The topological polar surface area (TPSA) is 230 Å². The number of carbonyl (C=O) groups is 4. The average Bonchev–Trinajstić information content (AvgIpc) is 3.48. The van der Waals surface area contributed by atoms with Crippen LogP contribution >= 0.6 is 12.0 Å². The molecule has 1 aromatic carbocycles. The molecule has 17 heteroatoms. The van der Waals surface area contributed by atoms with E-state index < -0.39 is 55.2 Å². The van der Waals surface area contributed by atoms with Crippen LogP contribution in [-0.2, 0) is 49.9 Å². The molecule has 2 aromatic rings. The number of benzene rings is 1. The van der Waals surface area contributed by atoms with E-state index in [0.717, 1.165) is 0 Å². The number of hydrogen-bond donors (Lipinski definition) is 3. The lowest BCUT2D eigenvalue weighted by atomic mass is 9.91. The van der Waals surface area contributed by atoms with Crippen molar-refractivity contribution in [3.05, 3.63) is 33.7 Å². The van der Waals surface area contributed by atoms with Crippen LogP contribution in [0.15, 0.2) is 26.2 Å². The molecular formula is C24H26N2O13S2. The second-order valence-corrected chi connectivity index (χ2v) is 11.8. The van der Waals surface area contributed by atoms with Gasteiger partial charge in [-0.3, -0.25) is 18.9 Å². The van der Waals surface area contributed by atoms with E-state index in [2.05, 4.69) is 9.37 Å². The molecule has 41 heavy (non-hydrogen) atoms. The fraction of sp³-hybridized carbons (Fsp3) is 0.458. The number of imide groups is 1. The van der Waals surface area contributed by atoms with Crippen LogP contribution in [0.3, 0.4) is 0 Å². The molecule has 1 aromatic heterocycles. The van der Waals surface area contributed by atoms with Gasteiger partial charge in [-0.05, 0) is 43.4 Å². The van der Waals surface area contributed by atoms with Crippen molar-refractivity contribution >= 4 is 62.4 Å². The molecule has 2 unspecified atom stereocenters. The third-order valence-electron chi connectivity index (χ3n) is 6.89. The molecule has 0 bridgehead atoms. The molecule has 1 aliphatic carbocycles. The number of anilines is 1. The molecule has 4 N–H and O–H groups in total. The lowest BCUT2D eigenvalue weighted by molar-refractivity contribution is -0.432. The van der Waals surface area contributed by atoms with E-state index in [0.29, 0.717) is 29.1 Å². The standard InChI is InChI=1S/C24H26N2O13S2/c25-16-8-7-14-21-13(5-6-15(21)24(31)36-22(14)23(16)41(33,34)35)17(40-39-38-32)11-12(27)3-1-2-4-20(30)37-26-18(28)9-10-19(26)29/h7-8,13,17,32H,1-6,9-11,25H2,(H,33,34,35). The van der Waals surface area contributed by atoms with Crippen molar-refractivity contribution in [3.8, 4) is 0 Å². The van der Waals surface area contributed by atoms with Crippen LogP contribution in [0.5, 0.6) is 0 Å². The highest BCUT2D eigenvalue weighted by atomic mass is 32.2. The number of nitrogens with two attached hydrogens (primary N) is 1. The molecule has 222 valence electrons. The van der Waals surface area contributed by atoms with Crippen LogP contribution in [0.25, 0.3) is 11.0 Å². The van der Waals surface area contributed by atoms with Gasteiger partial charge in [0.1, 0.15) is 5.78 Å². The molecule has 1 fully saturated rings. The Morgan fingerprint density at radius 1 is 1.12 bits per heavy atom. The first kappa shape index (κ1) is 30.6. The zero-order valence-electron chi connectivity index (χ0n) is 21.4. The Bertz CT molecular complexity index is 1540. The molecule has 1 saturated heterocycles. The Labute approximate surface area is 236 Å². The molecule has 0 spiro atoms. The largest absolute Gasteiger partial charge is 0.421 e. The molecule has 2 atom stereocenters. The predicted molar refractivity (Wildman–Crippen MR) is 139 cm³/mol. The highest BCUT2D eigenvalue weighted by Gasteiger charge is 2.38. The van der Waals surface area contributed by atoms with Crippen LogP contribution in [0.1, 0.15) is 68.4 Å². The molecule has 15 nitrogen and oxygen atoms in total. The van der Waals surface area contributed by atoms with Crippen LogP contribution < -0.4 is 11.4 Å². The second kappa shape index (κ2) is 12.7. The Morgan fingerprint density at radius 2 is 1.80 bits per heavy atom. The van der Waals surface area contributed by atoms with E-state index in [-0.39, 0.29) is 73.8 Å². The number of nitrogens with zero attached hydrogens (tertiary/aromatic N) is 1. The van der Waals surface area contributed by atoms with Crippen molar-refractivity contribution in [1.29, 1.82) is 0 Å². The van der Waals surface area contributed by atoms with Gasteiger partial charge in [-0.25, -0.2) is 14.8 Å². The third kappa shape index (κ3) is 6.77. The van der Waals surface area contributed by atoms with Gasteiger partial charge in [-0.15, -0.1) is 9.40 Å². The first-order valence-electron chi connectivity index (χ1n) is 12.5. The van der Waals surface area contributed by atoms with E-state index in [1.807, 2.05) is 0 Å². The summed E-state index contributed by atoms with van der Waals surface area (Å²) < 4.78 is 43.6. The number of Topliss-reactive ketones (excluding diaryl/α,β-unsaturated/α-hetero) is 1. The zero-order valence-corrected chi connectivity index (χ0v) is 23.0. The van der Waals surface area contributed by atoms with Gasteiger partial charge < -0.3 is 15.0 Å². The van der Waals surface area contributed by atoms with Gasteiger partial charge in [0.2, 0.25) is 0 Å². The molecule has 1 aliphatic heterocycles. The number of unbranched alkanes of at least 4 members (excludes halogenated alkanes) is 1. The van der Waals surface area contributed by atoms with Crippen molar-refractivity contribution < 1.29 is 56.0 Å². The van der Waals surface area contributed by atoms with Gasteiger partial charge in [0.25, 0.3) is 21.9 Å². The number of carbonyl (C=O) groups excluding carboxylic acids is 4.